The van der Waals surface area contributed by atoms with Gasteiger partial charge in [-0.3, -0.25) is 9.59 Å². The minimum Gasteiger partial charge on any atom is -0.492 e. The number of carbonyl (C=O) groups excluding carboxylic acids is 2. The van der Waals surface area contributed by atoms with Crippen LogP contribution in [0.5, 0.6) is 5.75 Å². The summed E-state index contributed by atoms with van der Waals surface area (Å²) in [6.07, 6.45) is 0. The van der Waals surface area contributed by atoms with Crippen LogP contribution in [0.2, 0.25) is 0 Å². The quantitative estimate of drug-likeness (QED) is 0.393. The molecule has 0 aliphatic carbocycles. The van der Waals surface area contributed by atoms with Gasteiger partial charge in [-0.25, -0.2) is 0 Å². The highest BCUT2D eigenvalue weighted by Crippen LogP contribution is 2.15. The van der Waals surface area contributed by atoms with Gasteiger partial charge in [0.2, 0.25) is 11.6 Å². The summed E-state index contributed by atoms with van der Waals surface area (Å²) >= 11 is 3.35. The van der Waals surface area contributed by atoms with Gasteiger partial charge in [-0.2, -0.15) is 0 Å². The lowest BCUT2D eigenvalue weighted by Crippen LogP contribution is -2.19. The van der Waals surface area contributed by atoms with Crippen LogP contribution in [0.15, 0.2) is 48.5 Å². The van der Waals surface area contributed by atoms with Crippen molar-refractivity contribution in [2.24, 2.45) is 0 Å². The van der Waals surface area contributed by atoms with Crippen LogP contribution >= 0.6 is 15.9 Å². The van der Waals surface area contributed by atoms with Crippen LogP contribution in [0.4, 0.5) is 0 Å². The molecule has 4 nitrogen and oxygen atoms in total. The maximum absolute atomic E-state index is 12.3. The molecule has 0 atom stereocenters. The van der Waals surface area contributed by atoms with Crippen LogP contribution in [0.25, 0.3) is 0 Å². The van der Waals surface area contributed by atoms with Crippen molar-refractivity contribution < 1.29 is 14.3 Å². The number of ketones is 2. The lowest BCUT2D eigenvalue weighted by Gasteiger charge is -2.11. The molecule has 0 fully saturated rings. The zero-order valence-corrected chi connectivity index (χ0v) is 15.4. The molecule has 0 aliphatic rings. The number of nitrogens with zero attached hydrogens (tertiary/aromatic N) is 1. The molecule has 0 saturated heterocycles. The smallest absolute Gasteiger partial charge is 0.233 e. The van der Waals surface area contributed by atoms with Gasteiger partial charge in [0.25, 0.3) is 0 Å². The first-order valence-electron chi connectivity index (χ1n) is 7.63. The van der Waals surface area contributed by atoms with Crippen LogP contribution in [0, 0.1) is 0 Å². The molecule has 24 heavy (non-hydrogen) atoms. The van der Waals surface area contributed by atoms with E-state index in [1.54, 1.807) is 36.4 Å². The summed E-state index contributed by atoms with van der Waals surface area (Å²) in [5.74, 6) is -0.332. The van der Waals surface area contributed by atoms with Gasteiger partial charge in [0.1, 0.15) is 12.4 Å². The highest BCUT2D eigenvalue weighted by atomic mass is 79.9. The number of hydrogen-bond acceptors (Lipinski definition) is 4. The lowest BCUT2D eigenvalue weighted by molar-refractivity contribution is 0.0817. The van der Waals surface area contributed by atoms with Crippen molar-refractivity contribution in [3.63, 3.8) is 0 Å². The van der Waals surface area contributed by atoms with Gasteiger partial charge in [-0.15, -0.1) is 0 Å². The average Bonchev–Trinajstić information content (AvgIpc) is 2.61. The fraction of sp³-hybridized carbons (Fsp3) is 0.263. The zero-order valence-electron chi connectivity index (χ0n) is 13.8. The predicted octanol–water partition coefficient (Wildman–Crippen LogP) is 3.59. The van der Waals surface area contributed by atoms with Gasteiger partial charge >= 0.3 is 0 Å². The Kier molecular flexibility index (Phi) is 6.70. The number of carbonyl (C=O) groups is 2. The minimum absolute atomic E-state index is 0.365. The van der Waals surface area contributed by atoms with Crippen molar-refractivity contribution in [2.75, 3.05) is 27.2 Å². The molecule has 126 valence electrons. The Morgan fingerprint density at radius 2 is 1.42 bits per heavy atom. The van der Waals surface area contributed by atoms with Crippen molar-refractivity contribution >= 4 is 27.5 Å². The summed E-state index contributed by atoms with van der Waals surface area (Å²) in [6, 6.07) is 13.7. The summed E-state index contributed by atoms with van der Waals surface area (Å²) < 4.78 is 5.58. The molecule has 0 aliphatic heterocycles. The Labute approximate surface area is 150 Å². The van der Waals surface area contributed by atoms with Crippen LogP contribution < -0.4 is 4.74 Å². The van der Waals surface area contributed by atoms with E-state index in [9.17, 15) is 9.59 Å². The van der Waals surface area contributed by atoms with Crippen molar-refractivity contribution in [2.45, 2.75) is 5.33 Å². The Morgan fingerprint density at radius 1 is 0.917 bits per heavy atom. The van der Waals surface area contributed by atoms with E-state index >= 15 is 0 Å². The Bertz CT molecular complexity index is 694. The lowest BCUT2D eigenvalue weighted by atomic mass is 10.0. The molecule has 0 radical (unpaired) electrons. The van der Waals surface area contributed by atoms with Crippen molar-refractivity contribution in [3.05, 3.63) is 65.2 Å². The number of benzene rings is 2. The molecule has 0 unspecified atom stereocenters. The Balaban J connectivity index is 2.01. The maximum atomic E-state index is 12.3. The summed E-state index contributed by atoms with van der Waals surface area (Å²) in [7, 11) is 3.95. The van der Waals surface area contributed by atoms with Gasteiger partial charge in [0.15, 0.2) is 0 Å². The molecule has 0 bridgehead atoms. The van der Waals surface area contributed by atoms with Gasteiger partial charge in [-0.05, 0) is 43.9 Å². The summed E-state index contributed by atoms with van der Waals surface area (Å²) in [6.45, 7) is 1.38. The highest BCUT2D eigenvalue weighted by molar-refractivity contribution is 9.08. The van der Waals surface area contributed by atoms with Crippen molar-refractivity contribution in [3.8, 4) is 5.75 Å². The van der Waals surface area contributed by atoms with E-state index < -0.39 is 11.6 Å². The molecule has 2 aromatic carbocycles. The number of hydrogen-bond donors (Lipinski definition) is 0. The molecule has 0 amide bonds. The molecule has 5 heteroatoms. The maximum Gasteiger partial charge on any atom is 0.233 e. The fourth-order valence-corrected chi connectivity index (χ4v) is 2.43. The Hall–Kier alpha value is -1.98. The molecule has 0 aromatic heterocycles. The van der Waals surface area contributed by atoms with Crippen molar-refractivity contribution in [1.29, 1.82) is 0 Å². The predicted molar refractivity (Wildman–Crippen MR) is 98.2 cm³/mol. The number of rotatable bonds is 8. The number of alkyl halides is 1. The summed E-state index contributed by atoms with van der Waals surface area (Å²) in [5.41, 5.74) is 1.82. The second-order valence-corrected chi connectivity index (χ2v) is 6.23. The second kappa shape index (κ2) is 8.76. The number of Topliss-reactive ketones (excluding diaryl/α,β-unsaturated/α-hetero) is 2. The third-order valence-corrected chi connectivity index (χ3v) is 4.15. The van der Waals surface area contributed by atoms with Crippen LogP contribution in [0.3, 0.4) is 0 Å². The molecule has 0 N–H and O–H groups in total. The van der Waals surface area contributed by atoms with E-state index in [0.29, 0.717) is 28.8 Å². The van der Waals surface area contributed by atoms with Crippen molar-refractivity contribution in [1.82, 2.24) is 4.90 Å². The van der Waals surface area contributed by atoms with E-state index in [-0.39, 0.29) is 0 Å². The van der Waals surface area contributed by atoms with Crippen LogP contribution in [-0.4, -0.2) is 43.7 Å². The number of likely N-dealkylation sites (N-methyl/N-ethyl adjacent to an activating group) is 1. The second-order valence-electron chi connectivity index (χ2n) is 5.66. The topological polar surface area (TPSA) is 46.6 Å². The van der Waals surface area contributed by atoms with E-state index in [4.69, 9.17) is 4.74 Å². The molecule has 2 rings (SSSR count). The van der Waals surface area contributed by atoms with Crippen LogP contribution in [0.1, 0.15) is 26.3 Å². The van der Waals surface area contributed by atoms with Crippen LogP contribution in [-0.2, 0) is 5.33 Å². The van der Waals surface area contributed by atoms with Gasteiger partial charge < -0.3 is 9.64 Å². The summed E-state index contributed by atoms with van der Waals surface area (Å²) in [4.78, 5) is 26.6. The normalized spacial score (nSPS) is 10.7. The third-order valence-electron chi connectivity index (χ3n) is 3.50. The van der Waals surface area contributed by atoms with E-state index in [1.165, 1.54) is 0 Å². The first-order chi connectivity index (χ1) is 11.5. The standard InChI is InChI=1S/C19H20BrNO3/c1-21(2)11-12-24-17-9-7-16(8-10-17)19(23)18(22)15-5-3-14(13-20)4-6-15/h3-10H,11-13H2,1-2H3. The average molecular weight is 390 g/mol. The van der Waals surface area contributed by atoms with Gasteiger partial charge in [0, 0.05) is 23.0 Å². The molecular formula is C19H20BrNO3. The molecule has 0 spiro atoms. The number of halogens is 1. The molecular weight excluding hydrogens is 370 g/mol. The molecule has 0 heterocycles. The van der Waals surface area contributed by atoms with Gasteiger partial charge in [0.05, 0.1) is 0 Å². The van der Waals surface area contributed by atoms with E-state index in [0.717, 1.165) is 12.1 Å². The monoisotopic (exact) mass is 389 g/mol. The number of ether oxygens (including phenoxy) is 1. The third kappa shape index (κ3) is 5.01. The van der Waals surface area contributed by atoms with Gasteiger partial charge in [-0.1, -0.05) is 40.2 Å². The molecule has 0 saturated carbocycles. The fourth-order valence-electron chi connectivity index (χ4n) is 2.06. The minimum atomic E-state index is -0.513. The van der Waals surface area contributed by atoms with E-state index in [1.807, 2.05) is 31.1 Å². The molecule has 2 aromatic rings. The summed E-state index contributed by atoms with van der Waals surface area (Å²) in [5, 5.41) is 0.713. The SMILES string of the molecule is CN(C)CCOc1ccc(C(=O)C(=O)c2ccc(CBr)cc2)cc1. The largest absolute Gasteiger partial charge is 0.492 e. The Morgan fingerprint density at radius 3 is 1.88 bits per heavy atom. The zero-order chi connectivity index (χ0) is 17.5. The highest BCUT2D eigenvalue weighted by Gasteiger charge is 2.18. The first-order valence-corrected chi connectivity index (χ1v) is 8.75. The first kappa shape index (κ1) is 18.4. The van der Waals surface area contributed by atoms with E-state index in [2.05, 4.69) is 15.9 Å².